The molecule has 2 heterocycles. The lowest BCUT2D eigenvalue weighted by Gasteiger charge is -1.87. The minimum Gasteiger partial charge on any atom is -1.00 e. The maximum absolute atomic E-state index is 5.59. The fraction of sp³-hybridized carbons (Fsp3) is 0. The van der Waals surface area contributed by atoms with Gasteiger partial charge in [-0.2, -0.15) is 10.2 Å². The molecule has 2 aromatic rings. The molecule has 0 atom stereocenters. The first-order chi connectivity index (χ1) is 8.59. The van der Waals surface area contributed by atoms with Crippen LogP contribution in [0.25, 0.3) is 12.2 Å². The number of rotatable bonds is 3. The predicted octanol–water partition coefficient (Wildman–Crippen LogP) is -8.97. The molecule has 2 aromatic heterocycles. The first-order valence-corrected chi connectivity index (χ1v) is 4.96. The Morgan fingerprint density at radius 1 is 0.800 bits per heavy atom. The molecule has 110 valence electrons. The number of nitrogens with zero attached hydrogens (tertiary/aromatic N) is 4. The second kappa shape index (κ2) is 7.21. The van der Waals surface area contributed by atoms with Crippen LogP contribution < -0.4 is 57.3 Å². The summed E-state index contributed by atoms with van der Waals surface area (Å²) in [6, 6.07) is 0. The molecule has 0 aliphatic rings. The van der Waals surface area contributed by atoms with Crippen LogP contribution in [0.3, 0.4) is 0 Å². The molecule has 0 saturated heterocycles. The van der Waals surface area contributed by atoms with Crippen LogP contribution in [0.4, 0.5) is 11.9 Å². The normalized spacial score (nSPS) is 10.6. The zero-order valence-corrected chi connectivity index (χ0v) is 11.7. The third-order valence-corrected chi connectivity index (χ3v) is 2.20. The SMILES string of the molecule is Nc1n[nH]c(/C=C/C=C/c2[nH]nc(N)[n+]2N)[n+]1N.[Cl-].[Cl-]. The van der Waals surface area contributed by atoms with Crippen molar-refractivity contribution in [3.63, 3.8) is 0 Å². The van der Waals surface area contributed by atoms with Crippen molar-refractivity contribution in [3.8, 4) is 0 Å². The quantitative estimate of drug-likeness (QED) is 0.186. The molecule has 0 saturated carbocycles. The first-order valence-electron chi connectivity index (χ1n) is 4.96. The van der Waals surface area contributed by atoms with Crippen molar-refractivity contribution < 1.29 is 34.2 Å². The van der Waals surface area contributed by atoms with Gasteiger partial charge in [0.1, 0.15) is 0 Å². The van der Waals surface area contributed by atoms with E-state index in [0.717, 1.165) is 0 Å². The van der Waals surface area contributed by atoms with Crippen LogP contribution in [0.2, 0.25) is 0 Å². The van der Waals surface area contributed by atoms with Gasteiger partial charge in [0.2, 0.25) is 11.6 Å². The molecule has 20 heavy (non-hydrogen) atoms. The van der Waals surface area contributed by atoms with E-state index < -0.39 is 0 Å². The molecule has 0 fully saturated rings. The second-order valence-electron chi connectivity index (χ2n) is 3.39. The van der Waals surface area contributed by atoms with Crippen molar-refractivity contribution in [2.24, 2.45) is 0 Å². The highest BCUT2D eigenvalue weighted by Gasteiger charge is 2.10. The molecule has 10 N–H and O–H groups in total. The van der Waals surface area contributed by atoms with Gasteiger partial charge in [-0.25, -0.2) is 0 Å². The van der Waals surface area contributed by atoms with Crippen molar-refractivity contribution in [2.45, 2.75) is 0 Å². The second-order valence-corrected chi connectivity index (χ2v) is 3.39. The number of nitrogen functional groups attached to an aromatic ring is 4. The van der Waals surface area contributed by atoms with Crippen LogP contribution >= 0.6 is 0 Å². The van der Waals surface area contributed by atoms with Crippen LogP contribution in [0, 0.1) is 0 Å². The molecule has 2 rings (SSSR count). The largest absolute Gasteiger partial charge is 1.00 e. The minimum absolute atomic E-state index is 0. The van der Waals surface area contributed by atoms with Gasteiger partial charge in [-0.1, -0.05) is 12.2 Å². The van der Waals surface area contributed by atoms with E-state index in [1.165, 1.54) is 9.35 Å². The van der Waals surface area contributed by atoms with E-state index >= 15 is 0 Å². The fourth-order valence-corrected chi connectivity index (χ4v) is 1.22. The number of anilines is 2. The molecule has 0 aromatic carbocycles. The number of hydrogen-bond donors (Lipinski definition) is 6. The molecular formula is C8H14Cl2N10. The number of H-pyrrole nitrogens is 2. The number of aromatic nitrogens is 6. The van der Waals surface area contributed by atoms with E-state index in [1.54, 1.807) is 24.3 Å². The van der Waals surface area contributed by atoms with Crippen LogP contribution in [0.15, 0.2) is 12.2 Å². The Labute approximate surface area is 126 Å². The van der Waals surface area contributed by atoms with Crippen molar-refractivity contribution in [1.29, 1.82) is 0 Å². The van der Waals surface area contributed by atoms with Crippen molar-refractivity contribution in [3.05, 3.63) is 23.8 Å². The lowest BCUT2D eigenvalue weighted by molar-refractivity contribution is -0.626. The standard InChI is InChI=1S/C8H12N10.2ClH/c9-7-15-13-5(17(7)11)3-1-2-4-6-14-16-8(10)18(6)12;;/h1-4H,11-12H2,(H4,9,10,13,14,15,16);2*1H. The minimum atomic E-state index is 0. The number of halogens is 2. The average molecular weight is 321 g/mol. The van der Waals surface area contributed by atoms with Gasteiger partial charge in [0.05, 0.1) is 0 Å². The maximum atomic E-state index is 5.59. The monoisotopic (exact) mass is 320 g/mol. The zero-order valence-electron chi connectivity index (χ0n) is 10.2. The summed E-state index contributed by atoms with van der Waals surface area (Å²) in [6.45, 7) is 0. The summed E-state index contributed by atoms with van der Waals surface area (Å²) in [4.78, 5) is 0. The lowest BCUT2D eigenvalue weighted by Crippen LogP contribution is -3.00. The van der Waals surface area contributed by atoms with Crippen molar-refractivity contribution in [1.82, 2.24) is 20.4 Å². The molecule has 0 aliphatic carbocycles. The highest BCUT2D eigenvalue weighted by atomic mass is 35.5. The number of nitrogens with one attached hydrogen (secondary N) is 2. The topological polar surface area (TPSA) is 169 Å². The molecule has 0 spiro atoms. The highest BCUT2D eigenvalue weighted by molar-refractivity contribution is 5.48. The van der Waals surface area contributed by atoms with Crippen LogP contribution in [-0.2, 0) is 0 Å². The summed E-state index contributed by atoms with van der Waals surface area (Å²) >= 11 is 0. The molecule has 0 aliphatic heterocycles. The van der Waals surface area contributed by atoms with Gasteiger partial charge in [0.25, 0.3) is 0 Å². The summed E-state index contributed by atoms with van der Waals surface area (Å²) in [7, 11) is 0. The van der Waals surface area contributed by atoms with E-state index in [-0.39, 0.29) is 36.7 Å². The third kappa shape index (κ3) is 3.52. The van der Waals surface area contributed by atoms with E-state index in [4.69, 9.17) is 23.2 Å². The van der Waals surface area contributed by atoms with Gasteiger partial charge in [-0.15, -0.1) is 9.35 Å². The Bertz CT molecular complexity index is 559. The molecule has 0 radical (unpaired) electrons. The zero-order chi connectivity index (χ0) is 13.1. The molecule has 0 amide bonds. The van der Waals surface area contributed by atoms with Crippen LogP contribution in [0.5, 0.6) is 0 Å². The van der Waals surface area contributed by atoms with Gasteiger partial charge in [0, 0.05) is 22.3 Å². The van der Waals surface area contributed by atoms with Crippen molar-refractivity contribution >= 4 is 24.0 Å². The van der Waals surface area contributed by atoms with Gasteiger partial charge in [-0.05, 0) is 0 Å². The molecule has 0 unspecified atom stereocenters. The number of hydrogen-bond acceptors (Lipinski definition) is 6. The summed E-state index contributed by atoms with van der Waals surface area (Å²) in [5.74, 6) is 12.7. The fourth-order valence-electron chi connectivity index (χ4n) is 1.22. The smallest absolute Gasteiger partial charge is 0.396 e. The predicted molar refractivity (Wildman–Crippen MR) is 64.8 cm³/mol. The third-order valence-electron chi connectivity index (χ3n) is 2.20. The van der Waals surface area contributed by atoms with Crippen molar-refractivity contribution in [2.75, 3.05) is 23.2 Å². The number of nitrogens with two attached hydrogens (primary N) is 4. The Balaban J connectivity index is 0.00000180. The van der Waals surface area contributed by atoms with Gasteiger partial charge >= 0.3 is 11.9 Å². The maximum Gasteiger partial charge on any atom is 0.396 e. The summed E-state index contributed by atoms with van der Waals surface area (Å²) in [5, 5.41) is 12.8. The lowest BCUT2D eigenvalue weighted by atomic mass is 10.4. The van der Waals surface area contributed by atoms with E-state index in [2.05, 4.69) is 20.4 Å². The van der Waals surface area contributed by atoms with Gasteiger partial charge in [0.15, 0.2) is 0 Å². The summed E-state index contributed by atoms with van der Waals surface area (Å²) in [6.07, 6.45) is 6.85. The Kier molecular flexibility index (Phi) is 6.32. The summed E-state index contributed by atoms with van der Waals surface area (Å²) in [5.41, 5.74) is 10.9. The molecule has 12 heteroatoms. The van der Waals surface area contributed by atoms with Gasteiger partial charge in [-0.3, -0.25) is 11.7 Å². The van der Waals surface area contributed by atoms with E-state index in [1.807, 2.05) is 0 Å². The molecule has 10 nitrogen and oxygen atoms in total. The van der Waals surface area contributed by atoms with E-state index in [9.17, 15) is 0 Å². The highest BCUT2D eigenvalue weighted by Crippen LogP contribution is 1.95. The number of allylic oxidation sites excluding steroid dienone is 2. The Morgan fingerprint density at radius 3 is 1.40 bits per heavy atom. The Hall–Kier alpha value is -2.46. The number of aromatic amines is 2. The van der Waals surface area contributed by atoms with Gasteiger partial charge < -0.3 is 36.3 Å². The van der Waals surface area contributed by atoms with Crippen LogP contribution in [-0.4, -0.2) is 20.4 Å². The van der Waals surface area contributed by atoms with E-state index in [0.29, 0.717) is 11.6 Å². The van der Waals surface area contributed by atoms with Crippen LogP contribution in [0.1, 0.15) is 11.6 Å². The first kappa shape index (κ1) is 17.5. The summed E-state index contributed by atoms with van der Waals surface area (Å²) < 4.78 is 2.45. The molecule has 0 bridgehead atoms. The molecular weight excluding hydrogens is 307 g/mol. The Morgan fingerprint density at radius 2 is 1.15 bits per heavy atom. The average Bonchev–Trinajstić information content (AvgIpc) is 2.83.